The maximum absolute atomic E-state index is 15.1. The smallest absolute Gasteiger partial charge is 0.319 e. The number of ketones is 3. The summed E-state index contributed by atoms with van der Waals surface area (Å²) in [4.78, 5) is 59.9. The van der Waals surface area contributed by atoms with E-state index in [9.17, 15) is 9.59 Å². The van der Waals surface area contributed by atoms with Gasteiger partial charge in [0.2, 0.25) is 0 Å². The number of ether oxygens (including phenoxy) is 1. The fourth-order valence-corrected chi connectivity index (χ4v) is 7.76. The van der Waals surface area contributed by atoms with E-state index in [0.717, 1.165) is 5.56 Å². The van der Waals surface area contributed by atoms with Crippen molar-refractivity contribution < 1.29 is 23.9 Å². The van der Waals surface area contributed by atoms with E-state index in [-0.39, 0.29) is 23.8 Å². The van der Waals surface area contributed by atoms with Gasteiger partial charge in [0.15, 0.2) is 17.3 Å². The molecule has 5 heteroatoms. The summed E-state index contributed by atoms with van der Waals surface area (Å²) >= 11 is 0. The number of benzene rings is 5. The van der Waals surface area contributed by atoms with Gasteiger partial charge in [-0.05, 0) is 18.1 Å². The molecular weight excluding hydrogens is 572 g/mol. The second kappa shape index (κ2) is 11.5. The van der Waals surface area contributed by atoms with Gasteiger partial charge in [0.05, 0.1) is 11.8 Å². The van der Waals surface area contributed by atoms with Gasteiger partial charge in [0.1, 0.15) is 11.0 Å². The van der Waals surface area contributed by atoms with Crippen molar-refractivity contribution in [2.45, 2.75) is 24.4 Å². The first-order valence-corrected chi connectivity index (χ1v) is 15.5. The zero-order valence-electron chi connectivity index (χ0n) is 25.3. The van der Waals surface area contributed by atoms with Crippen molar-refractivity contribution >= 4 is 23.3 Å². The van der Waals surface area contributed by atoms with Crippen molar-refractivity contribution in [3.05, 3.63) is 179 Å². The Kier molecular flexibility index (Phi) is 7.32. The van der Waals surface area contributed by atoms with Gasteiger partial charge in [-0.25, -0.2) is 0 Å². The molecule has 2 heterocycles. The van der Waals surface area contributed by atoms with Gasteiger partial charge < -0.3 is 4.74 Å². The molecule has 0 N–H and O–H groups in total. The molecule has 46 heavy (non-hydrogen) atoms. The lowest BCUT2D eigenvalue weighted by molar-refractivity contribution is -0.220. The summed E-state index contributed by atoms with van der Waals surface area (Å²) in [5.74, 6) is -5.01. The lowest BCUT2D eigenvalue weighted by Gasteiger charge is -2.62. The molecule has 5 atom stereocenters. The number of fused-ring (bicyclic) bond motifs is 3. The molecule has 8 rings (SSSR count). The molecule has 2 aliphatic heterocycles. The second-order valence-electron chi connectivity index (χ2n) is 12.3. The largest absolute Gasteiger partial charge is 0.453 e. The third kappa shape index (κ3) is 4.46. The molecule has 3 fully saturated rings. The van der Waals surface area contributed by atoms with Crippen LogP contribution in [0.1, 0.15) is 54.2 Å². The van der Waals surface area contributed by atoms with E-state index < -0.39 is 34.7 Å². The molecule has 1 unspecified atom stereocenters. The zero-order chi connectivity index (χ0) is 31.9. The van der Waals surface area contributed by atoms with Gasteiger partial charge in [-0.2, -0.15) is 0 Å². The minimum atomic E-state index is -1.78. The molecule has 0 amide bonds. The fourth-order valence-electron chi connectivity index (χ4n) is 7.76. The maximum atomic E-state index is 15.1. The van der Waals surface area contributed by atoms with E-state index in [1.54, 1.807) is 84.9 Å². The molecule has 2 bridgehead atoms. The van der Waals surface area contributed by atoms with Crippen molar-refractivity contribution in [3.63, 3.8) is 0 Å². The van der Waals surface area contributed by atoms with Crippen LogP contribution >= 0.6 is 0 Å². The summed E-state index contributed by atoms with van der Waals surface area (Å²) in [5, 5.41) is 0. The highest BCUT2D eigenvalue weighted by atomic mass is 16.6. The number of carbonyl (C=O) groups is 4. The first-order chi connectivity index (χ1) is 22.4. The number of rotatable bonds is 8. The number of esters is 1. The van der Waals surface area contributed by atoms with Crippen LogP contribution in [0.15, 0.2) is 146 Å². The van der Waals surface area contributed by atoms with Crippen LogP contribution in [-0.4, -0.2) is 23.3 Å². The van der Waals surface area contributed by atoms with Gasteiger partial charge in [0, 0.05) is 29.0 Å². The van der Waals surface area contributed by atoms with Gasteiger partial charge in [-0.1, -0.05) is 151 Å². The summed E-state index contributed by atoms with van der Waals surface area (Å²) in [7, 11) is 0. The number of hydrogen-bond donors (Lipinski definition) is 0. The van der Waals surface area contributed by atoms with E-state index in [0.29, 0.717) is 27.8 Å². The molecule has 2 saturated heterocycles. The lowest BCUT2D eigenvalue weighted by Crippen LogP contribution is -2.73. The molecule has 1 saturated carbocycles. The highest BCUT2D eigenvalue weighted by Gasteiger charge is 2.76. The standard InChI is InChI=1S/C41H32O5/c1-27-22-24-32(25-23-27)41-33(36(42)28-14-6-2-7-15-28)26-40(46-39(41)45,31-20-12-5-13-21-31)34(37(43)29-16-8-3-9-17-29)35(41)38(44)30-18-10-4-11-19-30/h2-25,33-35H,26H2,1H3/t33?,34-,35+,40-,41+/m1/s1. The Bertz CT molecular complexity index is 1920. The molecule has 226 valence electrons. The average Bonchev–Trinajstić information content (AvgIpc) is 3.12. The predicted molar refractivity (Wildman–Crippen MR) is 174 cm³/mol. The summed E-state index contributed by atoms with van der Waals surface area (Å²) in [6.45, 7) is 1.93. The maximum Gasteiger partial charge on any atom is 0.319 e. The summed E-state index contributed by atoms with van der Waals surface area (Å²) in [6, 6.07) is 42.9. The zero-order valence-corrected chi connectivity index (χ0v) is 25.3. The molecule has 5 aromatic rings. The van der Waals surface area contributed by atoms with E-state index >= 15 is 9.59 Å². The Morgan fingerprint density at radius 2 is 0.978 bits per heavy atom. The Morgan fingerprint density at radius 3 is 1.48 bits per heavy atom. The van der Waals surface area contributed by atoms with Crippen molar-refractivity contribution in [2.24, 2.45) is 17.8 Å². The number of hydrogen-bond acceptors (Lipinski definition) is 5. The molecule has 3 aliphatic rings. The van der Waals surface area contributed by atoms with Crippen LogP contribution in [0, 0.1) is 24.7 Å². The van der Waals surface area contributed by atoms with Crippen LogP contribution in [0.3, 0.4) is 0 Å². The Labute approximate surface area is 267 Å². The van der Waals surface area contributed by atoms with Gasteiger partial charge in [-0.15, -0.1) is 0 Å². The molecule has 5 aromatic carbocycles. The Hall–Kier alpha value is -5.42. The van der Waals surface area contributed by atoms with E-state index in [4.69, 9.17) is 4.74 Å². The van der Waals surface area contributed by atoms with E-state index in [1.165, 1.54) is 0 Å². The van der Waals surface area contributed by atoms with Crippen molar-refractivity contribution in [2.75, 3.05) is 0 Å². The topological polar surface area (TPSA) is 77.5 Å². The average molecular weight is 605 g/mol. The van der Waals surface area contributed by atoms with Gasteiger partial charge >= 0.3 is 5.97 Å². The van der Waals surface area contributed by atoms with Crippen LogP contribution in [0.2, 0.25) is 0 Å². The highest BCUT2D eigenvalue weighted by molar-refractivity contribution is 6.13. The Balaban J connectivity index is 1.59. The molecule has 0 aromatic heterocycles. The van der Waals surface area contributed by atoms with Gasteiger partial charge in [0.25, 0.3) is 0 Å². The van der Waals surface area contributed by atoms with Crippen LogP contribution in [0.25, 0.3) is 0 Å². The van der Waals surface area contributed by atoms with Crippen LogP contribution in [0.5, 0.6) is 0 Å². The monoisotopic (exact) mass is 604 g/mol. The van der Waals surface area contributed by atoms with Crippen molar-refractivity contribution in [3.8, 4) is 0 Å². The SMILES string of the molecule is Cc1ccc([C@]23C(=O)O[C@@](c4ccccc4)(CC2C(=O)c2ccccc2)[C@@H](C(=O)c2ccccc2)[C@H]3C(=O)c2ccccc2)cc1. The molecular formula is C41H32O5. The first-order valence-electron chi connectivity index (χ1n) is 15.5. The summed E-state index contributed by atoms with van der Waals surface area (Å²) < 4.78 is 6.57. The first kappa shape index (κ1) is 29.3. The number of carbonyl (C=O) groups excluding carboxylic acids is 4. The minimum Gasteiger partial charge on any atom is -0.453 e. The third-order valence-electron chi connectivity index (χ3n) is 9.84. The van der Waals surface area contributed by atoms with Crippen LogP contribution < -0.4 is 0 Å². The third-order valence-corrected chi connectivity index (χ3v) is 9.84. The van der Waals surface area contributed by atoms with E-state index in [1.807, 2.05) is 67.6 Å². The predicted octanol–water partition coefficient (Wildman–Crippen LogP) is 7.59. The quantitative estimate of drug-likeness (QED) is 0.135. The molecule has 0 radical (unpaired) electrons. The van der Waals surface area contributed by atoms with Crippen LogP contribution in [-0.2, 0) is 20.5 Å². The normalized spacial score (nSPS) is 25.0. The number of aryl methyl sites for hydroxylation is 1. The van der Waals surface area contributed by atoms with Crippen molar-refractivity contribution in [1.29, 1.82) is 0 Å². The minimum absolute atomic E-state index is 0.0339. The summed E-state index contributed by atoms with van der Waals surface area (Å²) in [5.41, 5.74) is -0.153. The van der Waals surface area contributed by atoms with E-state index in [2.05, 4.69) is 0 Å². The number of Topliss-reactive ketones (excluding diaryl/α,β-unsaturated/α-hetero) is 3. The van der Waals surface area contributed by atoms with Gasteiger partial charge in [-0.3, -0.25) is 19.2 Å². The van der Waals surface area contributed by atoms with Crippen molar-refractivity contribution in [1.82, 2.24) is 0 Å². The molecule has 5 nitrogen and oxygen atoms in total. The summed E-state index contributed by atoms with van der Waals surface area (Å²) in [6.07, 6.45) is 0.0339. The fraction of sp³-hybridized carbons (Fsp3) is 0.171. The highest BCUT2D eigenvalue weighted by Crippen LogP contribution is 2.65. The lowest BCUT2D eigenvalue weighted by atomic mass is 9.43. The van der Waals surface area contributed by atoms with Crippen LogP contribution in [0.4, 0.5) is 0 Å². The Morgan fingerprint density at radius 1 is 0.543 bits per heavy atom. The molecule has 0 spiro atoms. The second-order valence-corrected chi connectivity index (χ2v) is 12.3. The molecule has 1 aliphatic carbocycles.